The molecule has 1 heterocycles. The Balaban J connectivity index is 1.69. The Kier molecular flexibility index (Phi) is 8.40. The van der Waals surface area contributed by atoms with Gasteiger partial charge in [-0.05, 0) is 49.6 Å². The zero-order valence-electron chi connectivity index (χ0n) is 19.9. The number of carbonyl (C=O) groups is 4. The molecule has 1 aliphatic heterocycles. The number of ether oxygens (including phenoxy) is 1. The normalized spacial score (nSPS) is 13.4. The topological polar surface area (TPSA) is 96.0 Å². The quantitative estimate of drug-likeness (QED) is 0.515. The molecule has 1 atom stereocenters. The second kappa shape index (κ2) is 11.4. The van der Waals surface area contributed by atoms with Crippen molar-refractivity contribution >= 4 is 23.6 Å². The third-order valence-electron chi connectivity index (χ3n) is 5.90. The minimum absolute atomic E-state index is 0.111. The molecule has 8 nitrogen and oxygen atoms in total. The van der Waals surface area contributed by atoms with Crippen LogP contribution in [0, 0.1) is 0 Å². The van der Waals surface area contributed by atoms with E-state index in [0.717, 1.165) is 5.56 Å². The number of hydrogen-bond acceptors (Lipinski definition) is 5. The third kappa shape index (κ3) is 5.44. The van der Waals surface area contributed by atoms with E-state index in [1.54, 1.807) is 36.3 Å². The summed E-state index contributed by atoms with van der Waals surface area (Å²) in [5, 5.41) is 2.81. The van der Waals surface area contributed by atoms with Crippen LogP contribution in [0.15, 0.2) is 48.5 Å². The summed E-state index contributed by atoms with van der Waals surface area (Å²) in [6.45, 7) is 4.59. The SMILES string of the molecule is CCNC(=O)C(CC)N(Cc1ccc(OC)cc1)C(=O)CCCN1C(=O)c2ccccc2C1=O. The van der Waals surface area contributed by atoms with E-state index in [9.17, 15) is 19.2 Å². The zero-order chi connectivity index (χ0) is 24.7. The highest BCUT2D eigenvalue weighted by atomic mass is 16.5. The summed E-state index contributed by atoms with van der Waals surface area (Å²) in [6.07, 6.45) is 0.890. The second-order valence-corrected chi connectivity index (χ2v) is 8.10. The van der Waals surface area contributed by atoms with Crippen molar-refractivity contribution in [3.63, 3.8) is 0 Å². The Morgan fingerprint density at radius 3 is 2.15 bits per heavy atom. The second-order valence-electron chi connectivity index (χ2n) is 8.10. The molecule has 0 saturated carbocycles. The first-order valence-electron chi connectivity index (χ1n) is 11.6. The van der Waals surface area contributed by atoms with Gasteiger partial charge in [0.05, 0.1) is 18.2 Å². The maximum atomic E-state index is 13.3. The highest BCUT2D eigenvalue weighted by Gasteiger charge is 2.35. The molecule has 3 rings (SSSR count). The van der Waals surface area contributed by atoms with Gasteiger partial charge in [-0.25, -0.2) is 0 Å². The van der Waals surface area contributed by atoms with Gasteiger partial charge >= 0.3 is 0 Å². The average molecular weight is 466 g/mol. The molecule has 180 valence electrons. The fourth-order valence-corrected chi connectivity index (χ4v) is 4.11. The van der Waals surface area contributed by atoms with Gasteiger partial charge in [-0.15, -0.1) is 0 Å². The number of imide groups is 1. The first-order chi connectivity index (χ1) is 16.4. The molecule has 0 fully saturated rings. The summed E-state index contributed by atoms with van der Waals surface area (Å²) >= 11 is 0. The molecule has 0 radical (unpaired) electrons. The largest absolute Gasteiger partial charge is 0.497 e. The Morgan fingerprint density at radius 2 is 1.62 bits per heavy atom. The van der Waals surface area contributed by atoms with Crippen molar-refractivity contribution in [1.29, 1.82) is 0 Å². The van der Waals surface area contributed by atoms with Crippen molar-refractivity contribution in [2.75, 3.05) is 20.2 Å². The van der Waals surface area contributed by atoms with Crippen LogP contribution >= 0.6 is 0 Å². The number of fused-ring (bicyclic) bond motifs is 1. The third-order valence-corrected chi connectivity index (χ3v) is 5.90. The van der Waals surface area contributed by atoms with E-state index in [2.05, 4.69) is 5.32 Å². The van der Waals surface area contributed by atoms with Crippen LogP contribution in [-0.2, 0) is 16.1 Å². The van der Waals surface area contributed by atoms with Crippen LogP contribution in [0.2, 0.25) is 0 Å². The summed E-state index contributed by atoms with van der Waals surface area (Å²) in [4.78, 5) is 53.9. The number of methoxy groups -OCH3 is 1. The lowest BCUT2D eigenvalue weighted by atomic mass is 10.1. The van der Waals surface area contributed by atoms with E-state index in [0.29, 0.717) is 36.3 Å². The number of rotatable bonds is 11. The van der Waals surface area contributed by atoms with Gasteiger partial charge in [0.1, 0.15) is 11.8 Å². The van der Waals surface area contributed by atoms with Crippen LogP contribution in [0.3, 0.4) is 0 Å². The molecule has 0 aromatic heterocycles. The molecular formula is C26H31N3O5. The first kappa shape index (κ1) is 25.0. The summed E-state index contributed by atoms with van der Waals surface area (Å²) in [5.74, 6) is -0.370. The Labute approximate surface area is 199 Å². The fraction of sp³-hybridized carbons (Fsp3) is 0.385. The molecule has 0 saturated heterocycles. The van der Waals surface area contributed by atoms with Gasteiger partial charge in [-0.3, -0.25) is 24.1 Å². The number of nitrogens with one attached hydrogen (secondary N) is 1. The molecular weight excluding hydrogens is 434 g/mol. The molecule has 0 aliphatic carbocycles. The van der Waals surface area contributed by atoms with Gasteiger partial charge in [0, 0.05) is 26.1 Å². The lowest BCUT2D eigenvalue weighted by Gasteiger charge is -2.31. The van der Waals surface area contributed by atoms with Gasteiger partial charge in [0.25, 0.3) is 11.8 Å². The number of nitrogens with zero attached hydrogens (tertiary/aromatic N) is 2. The maximum absolute atomic E-state index is 13.3. The predicted molar refractivity (Wildman–Crippen MR) is 127 cm³/mol. The number of hydrogen-bond donors (Lipinski definition) is 1. The summed E-state index contributed by atoms with van der Waals surface area (Å²) < 4.78 is 5.20. The van der Waals surface area contributed by atoms with Gasteiger partial charge in [0.2, 0.25) is 11.8 Å². The molecule has 4 amide bonds. The van der Waals surface area contributed by atoms with Crippen LogP contribution in [0.5, 0.6) is 5.75 Å². The van der Waals surface area contributed by atoms with Gasteiger partial charge in [-0.1, -0.05) is 31.2 Å². The standard InChI is InChI=1S/C26H31N3O5/c1-4-22(24(31)27-5-2)29(17-18-12-14-19(34-3)15-13-18)23(30)11-8-16-28-25(32)20-9-6-7-10-21(20)26(28)33/h6-7,9-10,12-15,22H,4-5,8,11,16-17H2,1-3H3,(H,27,31). The highest BCUT2D eigenvalue weighted by Crippen LogP contribution is 2.23. The molecule has 34 heavy (non-hydrogen) atoms. The summed E-state index contributed by atoms with van der Waals surface area (Å²) in [6, 6.07) is 13.4. The minimum Gasteiger partial charge on any atom is -0.497 e. The molecule has 2 aromatic rings. The number of benzene rings is 2. The molecule has 0 spiro atoms. The lowest BCUT2D eigenvalue weighted by Crippen LogP contribution is -2.49. The predicted octanol–water partition coefficient (Wildman–Crippen LogP) is 3.01. The number of likely N-dealkylation sites (N-methyl/N-ethyl adjacent to an activating group) is 1. The molecule has 1 aliphatic rings. The van der Waals surface area contributed by atoms with E-state index < -0.39 is 6.04 Å². The Morgan fingerprint density at radius 1 is 1.00 bits per heavy atom. The van der Waals surface area contributed by atoms with Crippen molar-refractivity contribution in [3.8, 4) is 5.75 Å². The fourth-order valence-electron chi connectivity index (χ4n) is 4.11. The van der Waals surface area contributed by atoms with Crippen LogP contribution in [0.1, 0.15) is 59.4 Å². The number of amides is 4. The van der Waals surface area contributed by atoms with Crippen LogP contribution in [-0.4, -0.2) is 59.7 Å². The van der Waals surface area contributed by atoms with Crippen molar-refractivity contribution in [1.82, 2.24) is 15.1 Å². The molecule has 2 aromatic carbocycles. The van der Waals surface area contributed by atoms with Gasteiger partial charge in [-0.2, -0.15) is 0 Å². The van der Waals surface area contributed by atoms with Crippen LogP contribution < -0.4 is 10.1 Å². The maximum Gasteiger partial charge on any atom is 0.261 e. The smallest absolute Gasteiger partial charge is 0.261 e. The first-order valence-corrected chi connectivity index (χ1v) is 11.6. The van der Waals surface area contributed by atoms with Crippen molar-refractivity contribution in [2.24, 2.45) is 0 Å². The van der Waals surface area contributed by atoms with E-state index in [1.807, 2.05) is 38.1 Å². The van der Waals surface area contributed by atoms with E-state index in [-0.39, 0.29) is 43.1 Å². The molecule has 1 unspecified atom stereocenters. The van der Waals surface area contributed by atoms with Crippen LogP contribution in [0.4, 0.5) is 0 Å². The number of carbonyl (C=O) groups excluding carboxylic acids is 4. The highest BCUT2D eigenvalue weighted by molar-refractivity contribution is 6.21. The lowest BCUT2D eigenvalue weighted by molar-refractivity contribution is -0.141. The van der Waals surface area contributed by atoms with E-state index in [1.165, 1.54) is 4.90 Å². The van der Waals surface area contributed by atoms with Gasteiger partial charge in [0.15, 0.2) is 0 Å². The summed E-state index contributed by atoms with van der Waals surface area (Å²) in [5.41, 5.74) is 1.65. The Bertz CT molecular complexity index is 1020. The average Bonchev–Trinajstić information content (AvgIpc) is 3.09. The van der Waals surface area contributed by atoms with Crippen molar-refractivity contribution < 1.29 is 23.9 Å². The van der Waals surface area contributed by atoms with Crippen LogP contribution in [0.25, 0.3) is 0 Å². The monoisotopic (exact) mass is 465 g/mol. The summed E-state index contributed by atoms with van der Waals surface area (Å²) in [7, 11) is 1.58. The molecule has 1 N–H and O–H groups in total. The minimum atomic E-state index is -0.617. The van der Waals surface area contributed by atoms with Gasteiger partial charge < -0.3 is 15.0 Å². The molecule has 0 bridgehead atoms. The molecule has 8 heteroatoms. The van der Waals surface area contributed by atoms with Crippen molar-refractivity contribution in [3.05, 3.63) is 65.2 Å². The van der Waals surface area contributed by atoms with E-state index in [4.69, 9.17) is 4.74 Å². The zero-order valence-corrected chi connectivity index (χ0v) is 19.9. The Hall–Kier alpha value is -3.68. The van der Waals surface area contributed by atoms with E-state index >= 15 is 0 Å². The van der Waals surface area contributed by atoms with Crippen molar-refractivity contribution in [2.45, 2.75) is 45.7 Å².